The van der Waals surface area contributed by atoms with E-state index in [0.717, 1.165) is 6.54 Å². The number of amides is 1. The summed E-state index contributed by atoms with van der Waals surface area (Å²) in [6.45, 7) is 6.77. The molecule has 0 bridgehead atoms. The minimum atomic E-state index is -0.409. The van der Waals surface area contributed by atoms with E-state index < -0.39 is 5.91 Å². The van der Waals surface area contributed by atoms with Gasteiger partial charge in [0, 0.05) is 12.1 Å². The molecular weight excluding hydrogens is 140 g/mol. The fourth-order valence-electron chi connectivity index (χ4n) is 1.29. The first kappa shape index (κ1) is 8.06. The third-order valence-corrected chi connectivity index (χ3v) is 2.70. The SMILES string of the molecule is CC1CN(C(=O)C#N)C1(C)C. The van der Waals surface area contributed by atoms with Crippen molar-refractivity contribution in [3.63, 3.8) is 0 Å². The second-order valence-corrected chi connectivity index (χ2v) is 3.58. The van der Waals surface area contributed by atoms with Crippen LogP contribution in [0.15, 0.2) is 0 Å². The summed E-state index contributed by atoms with van der Waals surface area (Å²) in [5.74, 6) is 0.0906. The molecule has 11 heavy (non-hydrogen) atoms. The highest BCUT2D eigenvalue weighted by molar-refractivity contribution is 5.92. The minimum Gasteiger partial charge on any atom is -0.324 e. The Morgan fingerprint density at radius 2 is 2.27 bits per heavy atom. The Morgan fingerprint density at radius 3 is 2.55 bits per heavy atom. The van der Waals surface area contributed by atoms with Crippen molar-refractivity contribution in [1.82, 2.24) is 4.90 Å². The highest BCUT2D eigenvalue weighted by Crippen LogP contribution is 2.35. The molecule has 1 rings (SSSR count). The van der Waals surface area contributed by atoms with Crippen molar-refractivity contribution in [3.05, 3.63) is 0 Å². The van der Waals surface area contributed by atoms with Gasteiger partial charge in [0.2, 0.25) is 0 Å². The molecule has 0 saturated carbocycles. The lowest BCUT2D eigenvalue weighted by Gasteiger charge is -2.52. The maximum absolute atomic E-state index is 10.9. The Hall–Kier alpha value is -1.04. The van der Waals surface area contributed by atoms with Crippen molar-refractivity contribution in [2.75, 3.05) is 6.54 Å². The van der Waals surface area contributed by atoms with Gasteiger partial charge in [0.05, 0.1) is 0 Å². The Balaban J connectivity index is 2.69. The van der Waals surface area contributed by atoms with Crippen LogP contribution in [0.5, 0.6) is 0 Å². The summed E-state index contributed by atoms with van der Waals surface area (Å²) in [6, 6.07) is 1.63. The Morgan fingerprint density at radius 1 is 1.73 bits per heavy atom. The van der Waals surface area contributed by atoms with Crippen molar-refractivity contribution in [2.45, 2.75) is 26.3 Å². The Kier molecular flexibility index (Phi) is 1.63. The molecule has 1 fully saturated rings. The van der Waals surface area contributed by atoms with Crippen LogP contribution in [0.2, 0.25) is 0 Å². The number of carbonyl (C=O) groups is 1. The number of nitrogens with zero attached hydrogens (tertiary/aromatic N) is 2. The van der Waals surface area contributed by atoms with Gasteiger partial charge < -0.3 is 4.90 Å². The van der Waals surface area contributed by atoms with Gasteiger partial charge in [0.1, 0.15) is 0 Å². The Bertz CT molecular complexity index is 227. The van der Waals surface area contributed by atoms with Crippen LogP contribution in [0.1, 0.15) is 20.8 Å². The lowest BCUT2D eigenvalue weighted by molar-refractivity contribution is -0.145. The van der Waals surface area contributed by atoms with E-state index >= 15 is 0 Å². The monoisotopic (exact) mass is 152 g/mol. The van der Waals surface area contributed by atoms with E-state index in [1.807, 2.05) is 13.8 Å². The second kappa shape index (κ2) is 2.23. The number of rotatable bonds is 0. The zero-order valence-corrected chi connectivity index (χ0v) is 7.09. The summed E-state index contributed by atoms with van der Waals surface area (Å²) in [6.07, 6.45) is 0. The predicted molar refractivity (Wildman–Crippen MR) is 40.6 cm³/mol. The molecule has 0 spiro atoms. The van der Waals surface area contributed by atoms with E-state index in [1.165, 1.54) is 0 Å². The minimum absolute atomic E-state index is 0.118. The molecule has 0 aromatic carbocycles. The van der Waals surface area contributed by atoms with Gasteiger partial charge in [-0.05, 0) is 19.8 Å². The molecule has 1 aliphatic rings. The van der Waals surface area contributed by atoms with Crippen LogP contribution in [0.3, 0.4) is 0 Å². The fourth-order valence-corrected chi connectivity index (χ4v) is 1.29. The average molecular weight is 152 g/mol. The van der Waals surface area contributed by atoms with Crippen LogP contribution in [0.4, 0.5) is 0 Å². The van der Waals surface area contributed by atoms with E-state index in [2.05, 4.69) is 6.92 Å². The number of carbonyl (C=O) groups excluding carboxylic acids is 1. The van der Waals surface area contributed by atoms with Gasteiger partial charge >= 0.3 is 5.91 Å². The van der Waals surface area contributed by atoms with Gasteiger partial charge in [0.25, 0.3) is 0 Å². The van der Waals surface area contributed by atoms with Gasteiger partial charge in [-0.3, -0.25) is 4.79 Å². The molecule has 1 aliphatic heterocycles. The smallest absolute Gasteiger partial charge is 0.324 e. The normalized spacial score (nSPS) is 27.1. The van der Waals surface area contributed by atoms with Crippen LogP contribution in [-0.4, -0.2) is 22.9 Å². The zero-order valence-electron chi connectivity index (χ0n) is 7.09. The van der Waals surface area contributed by atoms with Crippen LogP contribution >= 0.6 is 0 Å². The molecule has 0 aromatic heterocycles. The van der Waals surface area contributed by atoms with Crippen LogP contribution in [0.25, 0.3) is 0 Å². The van der Waals surface area contributed by atoms with Gasteiger partial charge in [-0.1, -0.05) is 6.92 Å². The largest absolute Gasteiger partial charge is 0.325 e. The second-order valence-electron chi connectivity index (χ2n) is 3.58. The summed E-state index contributed by atoms with van der Waals surface area (Å²) >= 11 is 0. The number of likely N-dealkylation sites (tertiary alicyclic amines) is 1. The topological polar surface area (TPSA) is 44.1 Å². The van der Waals surface area contributed by atoms with Crippen molar-refractivity contribution >= 4 is 5.91 Å². The first-order valence-corrected chi connectivity index (χ1v) is 3.72. The van der Waals surface area contributed by atoms with Crippen molar-refractivity contribution in [2.24, 2.45) is 5.92 Å². The fraction of sp³-hybridized carbons (Fsp3) is 0.750. The lowest BCUT2D eigenvalue weighted by atomic mass is 9.78. The predicted octanol–water partition coefficient (Wildman–Crippen LogP) is 0.767. The zero-order chi connectivity index (χ0) is 8.65. The first-order chi connectivity index (χ1) is 5.00. The number of nitriles is 1. The average Bonchev–Trinajstić information content (AvgIpc) is 1.98. The maximum atomic E-state index is 10.9. The van der Waals surface area contributed by atoms with Gasteiger partial charge in [-0.15, -0.1) is 0 Å². The molecule has 0 radical (unpaired) electrons. The van der Waals surface area contributed by atoms with Gasteiger partial charge in [-0.2, -0.15) is 5.26 Å². The summed E-state index contributed by atoms with van der Waals surface area (Å²) in [5, 5.41) is 8.35. The molecule has 3 heteroatoms. The Labute approximate surface area is 66.6 Å². The summed E-state index contributed by atoms with van der Waals surface area (Å²) in [5.41, 5.74) is -0.118. The van der Waals surface area contributed by atoms with Crippen molar-refractivity contribution in [3.8, 4) is 6.07 Å². The van der Waals surface area contributed by atoms with E-state index in [-0.39, 0.29) is 5.54 Å². The molecule has 1 heterocycles. The highest BCUT2D eigenvalue weighted by Gasteiger charge is 2.45. The van der Waals surface area contributed by atoms with E-state index in [1.54, 1.807) is 11.0 Å². The van der Waals surface area contributed by atoms with Crippen LogP contribution < -0.4 is 0 Å². The molecule has 1 unspecified atom stereocenters. The molecule has 60 valence electrons. The quantitative estimate of drug-likeness (QED) is 0.481. The standard InChI is InChI=1S/C8H12N2O/c1-6-5-10(7(11)4-9)8(6,2)3/h6H,5H2,1-3H3. The molecule has 0 aromatic rings. The molecule has 3 nitrogen and oxygen atoms in total. The van der Waals surface area contributed by atoms with E-state index in [9.17, 15) is 4.79 Å². The van der Waals surface area contributed by atoms with Gasteiger partial charge in [-0.25, -0.2) is 0 Å². The first-order valence-electron chi connectivity index (χ1n) is 3.72. The maximum Gasteiger partial charge on any atom is 0.325 e. The van der Waals surface area contributed by atoms with E-state index in [0.29, 0.717) is 5.92 Å². The number of hydrogen-bond donors (Lipinski definition) is 0. The summed E-state index contributed by atoms with van der Waals surface area (Å²) in [7, 11) is 0. The van der Waals surface area contributed by atoms with Gasteiger partial charge in [0.15, 0.2) is 6.07 Å². The lowest BCUT2D eigenvalue weighted by Crippen LogP contribution is -2.64. The third kappa shape index (κ3) is 0.988. The molecule has 1 amide bonds. The summed E-state index contributed by atoms with van der Waals surface area (Å²) in [4.78, 5) is 12.5. The van der Waals surface area contributed by atoms with Crippen molar-refractivity contribution < 1.29 is 4.79 Å². The van der Waals surface area contributed by atoms with Crippen LogP contribution in [0, 0.1) is 17.2 Å². The molecule has 0 aliphatic carbocycles. The van der Waals surface area contributed by atoms with Crippen molar-refractivity contribution in [1.29, 1.82) is 5.26 Å². The summed E-state index contributed by atoms with van der Waals surface area (Å²) < 4.78 is 0. The molecule has 1 atom stereocenters. The number of hydrogen-bond acceptors (Lipinski definition) is 2. The van der Waals surface area contributed by atoms with Crippen LogP contribution in [-0.2, 0) is 4.79 Å². The molecule has 0 N–H and O–H groups in total. The highest BCUT2D eigenvalue weighted by atomic mass is 16.2. The molecule has 1 saturated heterocycles. The van der Waals surface area contributed by atoms with E-state index in [4.69, 9.17) is 5.26 Å². The molecular formula is C8H12N2O. The third-order valence-electron chi connectivity index (χ3n) is 2.70.